The normalized spacial score (nSPS) is 13.1. The second kappa shape index (κ2) is 6.16. The van der Waals surface area contributed by atoms with Gasteiger partial charge in [-0.3, -0.25) is 4.79 Å². The second-order valence-electron chi connectivity index (χ2n) is 3.93. The predicted octanol–water partition coefficient (Wildman–Crippen LogP) is 2.63. The summed E-state index contributed by atoms with van der Waals surface area (Å²) in [6.07, 6.45) is 0.686. The lowest BCUT2D eigenvalue weighted by Crippen LogP contribution is -2.45. The van der Waals surface area contributed by atoms with Crippen LogP contribution in [0.4, 0.5) is 8.78 Å². The number of rotatable bonds is 6. The van der Waals surface area contributed by atoms with Gasteiger partial charge in [-0.15, -0.1) is 0 Å². The summed E-state index contributed by atoms with van der Waals surface area (Å²) in [5.41, 5.74) is 4.45. The average molecular weight is 294 g/mol. The number of hydrogen-bond acceptors (Lipinski definition) is 3. The van der Waals surface area contributed by atoms with Gasteiger partial charge < -0.3 is 15.6 Å². The fraction of sp³-hybridized carbons (Fsp3) is 0.417. The van der Waals surface area contributed by atoms with Crippen molar-refractivity contribution in [1.29, 1.82) is 0 Å². The zero-order chi connectivity index (χ0) is 14.6. The van der Waals surface area contributed by atoms with Crippen molar-refractivity contribution in [3.8, 4) is 5.75 Å². The first-order valence-electron chi connectivity index (χ1n) is 5.59. The highest BCUT2D eigenvalue weighted by Gasteiger charge is 2.44. The molecule has 0 aliphatic rings. The highest BCUT2D eigenvalue weighted by molar-refractivity contribution is 6.32. The fourth-order valence-corrected chi connectivity index (χ4v) is 1.54. The van der Waals surface area contributed by atoms with Crippen LogP contribution < -0.4 is 10.5 Å². The van der Waals surface area contributed by atoms with E-state index in [4.69, 9.17) is 27.2 Å². The van der Waals surface area contributed by atoms with Crippen LogP contribution >= 0.6 is 11.6 Å². The summed E-state index contributed by atoms with van der Waals surface area (Å²) in [6, 6.07) is 0.947. The first kappa shape index (κ1) is 15.7. The molecule has 0 fully saturated rings. The number of carboxylic acid groups (broad SMARTS) is 1. The number of alkyl halides is 2. The van der Waals surface area contributed by atoms with Crippen molar-refractivity contribution in [2.24, 2.45) is 5.73 Å². The molecule has 1 aromatic rings. The number of carboxylic acids is 1. The van der Waals surface area contributed by atoms with Crippen LogP contribution in [0.15, 0.2) is 18.2 Å². The van der Waals surface area contributed by atoms with Gasteiger partial charge in [0.1, 0.15) is 5.75 Å². The van der Waals surface area contributed by atoms with E-state index in [-0.39, 0.29) is 10.8 Å². The minimum absolute atomic E-state index is 0.0817. The minimum atomic E-state index is -3.71. The van der Waals surface area contributed by atoms with E-state index in [1.54, 1.807) is 0 Å². The number of aliphatic carboxylic acids is 1. The highest BCUT2D eigenvalue weighted by Crippen LogP contribution is 2.36. The molecular formula is C12H14ClF2NO3. The van der Waals surface area contributed by atoms with Crippen molar-refractivity contribution >= 4 is 17.6 Å². The van der Waals surface area contributed by atoms with Gasteiger partial charge in [-0.2, -0.15) is 8.78 Å². The molecule has 0 aromatic heterocycles. The van der Waals surface area contributed by atoms with E-state index in [9.17, 15) is 13.6 Å². The molecule has 0 saturated heterocycles. The van der Waals surface area contributed by atoms with Crippen LogP contribution in [0, 0.1) is 0 Å². The van der Waals surface area contributed by atoms with Crippen LogP contribution in [-0.4, -0.2) is 23.7 Å². The molecule has 0 heterocycles. The molecule has 0 saturated carbocycles. The monoisotopic (exact) mass is 293 g/mol. The van der Waals surface area contributed by atoms with Crippen LogP contribution in [0.1, 0.15) is 18.9 Å². The molecule has 3 N–H and O–H groups in total. The van der Waals surface area contributed by atoms with Crippen molar-refractivity contribution in [1.82, 2.24) is 0 Å². The molecule has 1 atom stereocenters. The van der Waals surface area contributed by atoms with Gasteiger partial charge >= 0.3 is 5.97 Å². The van der Waals surface area contributed by atoms with E-state index in [0.717, 1.165) is 12.1 Å². The molecule has 106 valence electrons. The van der Waals surface area contributed by atoms with E-state index >= 15 is 0 Å². The molecule has 1 unspecified atom stereocenters. The van der Waals surface area contributed by atoms with Gasteiger partial charge in [0, 0.05) is 5.56 Å². The van der Waals surface area contributed by atoms with Gasteiger partial charge in [0.15, 0.2) is 6.04 Å². The Bertz CT molecular complexity index is 468. The van der Waals surface area contributed by atoms with Crippen LogP contribution in [0.5, 0.6) is 5.75 Å². The summed E-state index contributed by atoms with van der Waals surface area (Å²) in [4.78, 5) is 10.6. The van der Waals surface area contributed by atoms with Gasteiger partial charge in [-0.1, -0.05) is 24.6 Å². The summed E-state index contributed by atoms with van der Waals surface area (Å²) < 4.78 is 32.9. The third-order valence-electron chi connectivity index (χ3n) is 2.43. The molecule has 4 nitrogen and oxygen atoms in total. The first-order chi connectivity index (χ1) is 8.80. The maximum atomic E-state index is 13.8. The maximum Gasteiger partial charge on any atom is 0.327 e. The van der Waals surface area contributed by atoms with E-state index in [0.29, 0.717) is 13.0 Å². The Morgan fingerprint density at radius 2 is 2.21 bits per heavy atom. The topological polar surface area (TPSA) is 72.5 Å². The molecule has 7 heteroatoms. The van der Waals surface area contributed by atoms with E-state index in [1.807, 2.05) is 6.92 Å². The Hall–Kier alpha value is -1.40. The third-order valence-corrected chi connectivity index (χ3v) is 2.75. The highest BCUT2D eigenvalue weighted by atomic mass is 35.5. The number of hydrogen-bond donors (Lipinski definition) is 2. The van der Waals surface area contributed by atoms with E-state index < -0.39 is 23.5 Å². The predicted molar refractivity (Wildman–Crippen MR) is 66.7 cm³/mol. The van der Waals surface area contributed by atoms with Crippen molar-refractivity contribution in [2.75, 3.05) is 6.61 Å². The van der Waals surface area contributed by atoms with Gasteiger partial charge in [0.2, 0.25) is 0 Å². The summed E-state index contributed by atoms with van der Waals surface area (Å²) in [5, 5.41) is 8.76. The van der Waals surface area contributed by atoms with E-state index in [1.165, 1.54) is 6.07 Å². The van der Waals surface area contributed by atoms with Gasteiger partial charge in [0.25, 0.3) is 5.92 Å². The number of nitrogens with two attached hydrogens (primary N) is 1. The maximum absolute atomic E-state index is 13.8. The van der Waals surface area contributed by atoms with Gasteiger partial charge in [0.05, 0.1) is 11.6 Å². The van der Waals surface area contributed by atoms with E-state index in [2.05, 4.69) is 0 Å². The standard InChI is InChI=1S/C12H14ClF2NO3/c1-2-5-19-9-6-7(3-4-8(9)13)12(14,15)10(16)11(17)18/h3-4,6,10H,2,5,16H2,1H3,(H,17,18). The third kappa shape index (κ3) is 3.54. The molecular weight excluding hydrogens is 280 g/mol. The Kier molecular flexibility index (Phi) is 5.08. The number of ether oxygens (including phenoxy) is 1. The Balaban J connectivity index is 3.10. The zero-order valence-electron chi connectivity index (χ0n) is 10.2. The molecule has 0 aliphatic heterocycles. The van der Waals surface area contributed by atoms with Gasteiger partial charge in [-0.25, -0.2) is 0 Å². The summed E-state index contributed by atoms with van der Waals surface area (Å²) in [6.45, 7) is 2.17. The summed E-state index contributed by atoms with van der Waals surface area (Å²) in [7, 11) is 0. The van der Waals surface area contributed by atoms with Crippen molar-refractivity contribution < 1.29 is 23.4 Å². The average Bonchev–Trinajstić information content (AvgIpc) is 2.36. The van der Waals surface area contributed by atoms with Crippen molar-refractivity contribution in [3.63, 3.8) is 0 Å². The lowest BCUT2D eigenvalue weighted by atomic mass is 10.0. The Labute approximate surface area is 114 Å². The number of carbonyl (C=O) groups is 1. The SMILES string of the molecule is CCCOc1cc(C(F)(F)C(N)C(=O)O)ccc1Cl. The lowest BCUT2D eigenvalue weighted by Gasteiger charge is -2.21. The second-order valence-corrected chi connectivity index (χ2v) is 4.34. The largest absolute Gasteiger partial charge is 0.492 e. The molecule has 0 aliphatic carbocycles. The van der Waals surface area contributed by atoms with Crippen LogP contribution in [-0.2, 0) is 10.7 Å². The zero-order valence-corrected chi connectivity index (χ0v) is 11.0. The molecule has 0 radical (unpaired) electrons. The molecule has 1 rings (SSSR count). The molecule has 19 heavy (non-hydrogen) atoms. The molecule has 1 aromatic carbocycles. The Morgan fingerprint density at radius 3 is 2.74 bits per heavy atom. The minimum Gasteiger partial charge on any atom is -0.492 e. The van der Waals surface area contributed by atoms with Gasteiger partial charge in [-0.05, 0) is 18.6 Å². The fourth-order valence-electron chi connectivity index (χ4n) is 1.37. The number of halogens is 3. The van der Waals surface area contributed by atoms with Crippen LogP contribution in [0.25, 0.3) is 0 Å². The first-order valence-corrected chi connectivity index (χ1v) is 5.97. The molecule has 0 amide bonds. The molecule has 0 spiro atoms. The van der Waals surface area contributed by atoms with Crippen LogP contribution in [0.2, 0.25) is 5.02 Å². The number of benzene rings is 1. The summed E-state index contributed by atoms with van der Waals surface area (Å²) >= 11 is 5.81. The lowest BCUT2D eigenvalue weighted by molar-refractivity contribution is -0.149. The van der Waals surface area contributed by atoms with Crippen molar-refractivity contribution in [3.05, 3.63) is 28.8 Å². The smallest absolute Gasteiger partial charge is 0.327 e. The van der Waals surface area contributed by atoms with Crippen LogP contribution in [0.3, 0.4) is 0 Å². The molecule has 0 bridgehead atoms. The Morgan fingerprint density at radius 1 is 1.58 bits per heavy atom. The van der Waals surface area contributed by atoms with Crippen molar-refractivity contribution in [2.45, 2.75) is 25.3 Å². The summed E-state index contributed by atoms with van der Waals surface area (Å²) in [5.74, 6) is -5.41. The quantitative estimate of drug-likeness (QED) is 0.846.